The number of nitrogens with one attached hydrogen (secondary N) is 2. The molecule has 3 heterocycles. The fourth-order valence-electron chi connectivity index (χ4n) is 2.68. The van der Waals surface area contributed by atoms with Crippen LogP contribution in [0.25, 0.3) is 11.2 Å². The number of aliphatic hydroxyl groups excluding tert-OH is 3. The van der Waals surface area contributed by atoms with Crippen LogP contribution in [-0.2, 0) is 14.3 Å². The highest BCUT2D eigenvalue weighted by molar-refractivity contribution is 5.77. The Balaban J connectivity index is 0.000000274. The molecular formula is C15H22N6O9. The topological polar surface area (TPSA) is 260 Å². The zero-order valence-electron chi connectivity index (χ0n) is 15.5. The molecule has 2 aromatic rings. The first-order chi connectivity index (χ1) is 14.1. The average Bonchev–Trinajstić information content (AvgIpc) is 3.21. The number of hydrogen-bond donors (Lipinski definition) is 8. The third-order valence-corrected chi connectivity index (χ3v) is 4.28. The van der Waals surface area contributed by atoms with Crippen molar-refractivity contribution in [2.75, 3.05) is 6.61 Å². The summed E-state index contributed by atoms with van der Waals surface area (Å²) in [4.78, 5) is 51.2. The number of aliphatic carboxylic acids is 1. The summed E-state index contributed by atoms with van der Waals surface area (Å²) >= 11 is 0. The Morgan fingerprint density at radius 3 is 2.47 bits per heavy atom. The molecule has 1 aliphatic heterocycles. The third kappa shape index (κ3) is 5.08. The van der Waals surface area contributed by atoms with Gasteiger partial charge in [-0.1, -0.05) is 0 Å². The molecule has 0 saturated carbocycles. The number of aromatic nitrogens is 4. The molecule has 0 unspecified atom stereocenters. The largest absolute Gasteiger partial charge is 0.480 e. The molecule has 0 aliphatic carbocycles. The molecule has 0 aromatic carbocycles. The fourth-order valence-corrected chi connectivity index (χ4v) is 2.68. The number of nitrogens with two attached hydrogens (primary N) is 2. The maximum atomic E-state index is 11.6. The van der Waals surface area contributed by atoms with Gasteiger partial charge in [0.1, 0.15) is 30.0 Å². The van der Waals surface area contributed by atoms with Crippen LogP contribution in [0.3, 0.4) is 0 Å². The molecule has 0 bridgehead atoms. The van der Waals surface area contributed by atoms with Crippen molar-refractivity contribution < 1.29 is 34.8 Å². The first-order valence-electron chi connectivity index (χ1n) is 8.65. The third-order valence-electron chi connectivity index (χ3n) is 4.28. The van der Waals surface area contributed by atoms with Gasteiger partial charge in [-0.3, -0.25) is 28.9 Å². The normalized spacial score (nSPS) is 24.3. The van der Waals surface area contributed by atoms with Crippen molar-refractivity contribution in [3.8, 4) is 0 Å². The molecule has 1 fully saturated rings. The summed E-state index contributed by atoms with van der Waals surface area (Å²) in [6.45, 7) is -0.474. The van der Waals surface area contributed by atoms with Crippen LogP contribution in [0.1, 0.15) is 19.1 Å². The van der Waals surface area contributed by atoms with E-state index in [1.807, 2.05) is 4.98 Å². The molecule has 3 rings (SSSR count). The molecule has 2 aromatic heterocycles. The van der Waals surface area contributed by atoms with Crippen molar-refractivity contribution in [1.29, 1.82) is 0 Å². The Labute approximate surface area is 166 Å². The molecular weight excluding hydrogens is 408 g/mol. The number of primary amides is 1. The zero-order valence-corrected chi connectivity index (χ0v) is 15.5. The maximum absolute atomic E-state index is 11.6. The summed E-state index contributed by atoms with van der Waals surface area (Å²) in [7, 11) is 0. The number of carbonyl (C=O) groups excluding carboxylic acids is 1. The molecule has 10 N–H and O–H groups in total. The van der Waals surface area contributed by atoms with Gasteiger partial charge < -0.3 is 36.6 Å². The number of hydrogen-bond acceptors (Lipinski definition) is 10. The van der Waals surface area contributed by atoms with Gasteiger partial charge in [0.05, 0.1) is 12.9 Å². The summed E-state index contributed by atoms with van der Waals surface area (Å²) in [5, 5.41) is 36.9. The van der Waals surface area contributed by atoms with Crippen LogP contribution in [0.15, 0.2) is 15.9 Å². The zero-order chi connectivity index (χ0) is 22.6. The first-order valence-corrected chi connectivity index (χ1v) is 8.65. The Kier molecular flexibility index (Phi) is 7.41. The van der Waals surface area contributed by atoms with Gasteiger partial charge in [-0.05, 0) is 6.42 Å². The summed E-state index contributed by atoms with van der Waals surface area (Å²) in [5.41, 5.74) is 8.45. The fraction of sp³-hybridized carbons (Fsp3) is 0.533. The quantitative estimate of drug-likeness (QED) is 0.217. The van der Waals surface area contributed by atoms with Gasteiger partial charge in [0.2, 0.25) is 5.91 Å². The van der Waals surface area contributed by atoms with Crippen molar-refractivity contribution in [3.05, 3.63) is 27.2 Å². The minimum Gasteiger partial charge on any atom is -0.480 e. The number of aromatic amines is 2. The number of nitrogens with zero attached hydrogens (tertiary/aromatic N) is 2. The van der Waals surface area contributed by atoms with Crippen molar-refractivity contribution in [1.82, 2.24) is 19.5 Å². The van der Waals surface area contributed by atoms with E-state index in [9.17, 15) is 29.4 Å². The summed E-state index contributed by atoms with van der Waals surface area (Å²) < 4.78 is 6.54. The van der Waals surface area contributed by atoms with Crippen LogP contribution in [0, 0.1) is 0 Å². The van der Waals surface area contributed by atoms with Gasteiger partial charge in [0, 0.05) is 6.42 Å². The minimum absolute atomic E-state index is 0.0213. The van der Waals surface area contributed by atoms with Crippen LogP contribution < -0.4 is 22.7 Å². The van der Waals surface area contributed by atoms with Gasteiger partial charge in [-0.2, -0.15) is 0 Å². The number of carboxylic acids is 1. The highest BCUT2D eigenvalue weighted by Gasteiger charge is 2.43. The summed E-state index contributed by atoms with van der Waals surface area (Å²) in [5.74, 6) is -1.64. The number of amides is 1. The summed E-state index contributed by atoms with van der Waals surface area (Å²) in [6.07, 6.45) is -3.30. The molecule has 1 amide bonds. The molecule has 0 radical (unpaired) electrons. The lowest BCUT2D eigenvalue weighted by Crippen LogP contribution is -2.33. The van der Waals surface area contributed by atoms with E-state index < -0.39 is 60.3 Å². The predicted molar refractivity (Wildman–Crippen MR) is 98.0 cm³/mol. The first kappa shape index (κ1) is 23.2. The van der Waals surface area contributed by atoms with Crippen LogP contribution in [0.4, 0.5) is 0 Å². The second-order valence-corrected chi connectivity index (χ2v) is 6.44. The molecule has 30 heavy (non-hydrogen) atoms. The number of aliphatic hydroxyl groups is 3. The molecule has 166 valence electrons. The molecule has 15 nitrogen and oxygen atoms in total. The summed E-state index contributed by atoms with van der Waals surface area (Å²) in [6, 6.07) is -0.979. The van der Waals surface area contributed by atoms with Crippen LogP contribution in [-0.4, -0.2) is 82.8 Å². The van der Waals surface area contributed by atoms with Crippen LogP contribution >= 0.6 is 0 Å². The van der Waals surface area contributed by atoms with Gasteiger partial charge >= 0.3 is 11.7 Å². The van der Waals surface area contributed by atoms with Crippen LogP contribution in [0.5, 0.6) is 0 Å². The van der Waals surface area contributed by atoms with Crippen molar-refractivity contribution >= 4 is 23.0 Å². The highest BCUT2D eigenvalue weighted by atomic mass is 16.6. The second kappa shape index (κ2) is 9.59. The van der Waals surface area contributed by atoms with Crippen LogP contribution in [0.2, 0.25) is 0 Å². The van der Waals surface area contributed by atoms with Gasteiger partial charge in [0.25, 0.3) is 5.56 Å². The lowest BCUT2D eigenvalue weighted by atomic mass is 10.1. The highest BCUT2D eigenvalue weighted by Crippen LogP contribution is 2.30. The van der Waals surface area contributed by atoms with E-state index in [1.54, 1.807) is 0 Å². The predicted octanol–water partition coefficient (Wildman–Crippen LogP) is -4.31. The van der Waals surface area contributed by atoms with E-state index in [1.165, 1.54) is 10.9 Å². The monoisotopic (exact) mass is 430 g/mol. The lowest BCUT2D eigenvalue weighted by molar-refractivity contribution is -0.138. The number of rotatable bonds is 6. The van der Waals surface area contributed by atoms with Crippen molar-refractivity contribution in [3.63, 3.8) is 0 Å². The van der Waals surface area contributed by atoms with Crippen molar-refractivity contribution in [2.45, 2.75) is 43.4 Å². The Morgan fingerprint density at radius 1 is 1.27 bits per heavy atom. The minimum atomic E-state index is -1.33. The standard InChI is InChI=1S/C10H12N4O6.C5H10N2O3/c15-1-3-5(16)6(17)9(20-3)14-2-11-4-7(14)12-10(19)13-8(4)18;6-3(5(9)10)1-2-4(7)8/h2-3,5-6,9,15-17H,1H2,(H2,12,13,18,19);3H,1-2,6H2,(H2,7,8)(H,9,10)/t3-,5-,6-,9-;3-/m10/s1. The molecule has 0 spiro atoms. The Hall–Kier alpha value is -3.11. The van der Waals surface area contributed by atoms with E-state index in [2.05, 4.69) is 9.97 Å². The molecule has 15 heteroatoms. The molecule has 1 saturated heterocycles. The second-order valence-electron chi connectivity index (χ2n) is 6.44. The molecule has 5 atom stereocenters. The number of H-pyrrole nitrogens is 2. The van der Waals surface area contributed by atoms with Gasteiger partial charge in [-0.25, -0.2) is 9.78 Å². The average molecular weight is 430 g/mol. The SMILES string of the molecule is NC(=O)CC[C@H](N)C(=O)O.O=c1[nH]c(=O)c2ncn([C@@H]3O[C@H](CO)[C@@H](O)[C@H]3O)c2[nH]1. The number of carboxylic acid groups (broad SMARTS) is 1. The van der Waals surface area contributed by atoms with Gasteiger partial charge in [0.15, 0.2) is 11.7 Å². The number of ether oxygens (including phenoxy) is 1. The Morgan fingerprint density at radius 2 is 1.93 bits per heavy atom. The van der Waals surface area contributed by atoms with Crippen molar-refractivity contribution in [2.24, 2.45) is 11.5 Å². The van der Waals surface area contributed by atoms with E-state index in [4.69, 9.17) is 26.4 Å². The number of imidazole rings is 1. The van der Waals surface area contributed by atoms with Gasteiger partial charge in [-0.15, -0.1) is 0 Å². The Bertz CT molecular complexity index is 1010. The number of carbonyl (C=O) groups is 2. The van der Waals surface area contributed by atoms with E-state index in [0.717, 1.165) is 0 Å². The smallest absolute Gasteiger partial charge is 0.327 e. The van der Waals surface area contributed by atoms with E-state index in [0.29, 0.717) is 0 Å². The maximum Gasteiger partial charge on any atom is 0.327 e. The number of fused-ring (bicyclic) bond motifs is 1. The van der Waals surface area contributed by atoms with E-state index >= 15 is 0 Å². The van der Waals surface area contributed by atoms with E-state index in [-0.39, 0.29) is 24.0 Å². The lowest BCUT2D eigenvalue weighted by Gasteiger charge is -2.16. The molecule has 1 aliphatic rings.